The van der Waals surface area contributed by atoms with E-state index in [1.165, 1.54) is 25.7 Å². The first-order valence-electron chi connectivity index (χ1n) is 9.50. The molecule has 0 rings (SSSR count). The van der Waals surface area contributed by atoms with Crippen molar-refractivity contribution in [3.05, 3.63) is 48.6 Å². The van der Waals surface area contributed by atoms with E-state index < -0.39 is 10.1 Å². The first kappa shape index (κ1) is 23.9. The summed E-state index contributed by atoms with van der Waals surface area (Å²) in [6.45, 7) is 2.52. The monoisotopic (exact) mass is 368 g/mol. The van der Waals surface area contributed by atoms with Crippen LogP contribution >= 0.6 is 0 Å². The van der Waals surface area contributed by atoms with E-state index in [0.717, 1.165) is 44.8 Å². The Morgan fingerprint density at radius 2 is 1.12 bits per heavy atom. The van der Waals surface area contributed by atoms with Gasteiger partial charge in [0.25, 0.3) is 10.1 Å². The molecule has 0 spiro atoms. The van der Waals surface area contributed by atoms with Crippen LogP contribution in [0.4, 0.5) is 0 Å². The van der Waals surface area contributed by atoms with Gasteiger partial charge in [0, 0.05) is 0 Å². The highest BCUT2D eigenvalue weighted by Gasteiger charge is 1.99. The van der Waals surface area contributed by atoms with Crippen molar-refractivity contribution in [3.63, 3.8) is 0 Å². The zero-order valence-electron chi connectivity index (χ0n) is 16.0. The molecule has 0 aromatic rings. The van der Waals surface area contributed by atoms with Crippen molar-refractivity contribution in [3.8, 4) is 0 Å². The van der Waals surface area contributed by atoms with Gasteiger partial charge < -0.3 is 0 Å². The van der Waals surface area contributed by atoms with Gasteiger partial charge in [-0.25, -0.2) is 0 Å². The lowest BCUT2D eigenvalue weighted by atomic mass is 10.2. The van der Waals surface area contributed by atoms with E-state index in [-0.39, 0.29) is 6.61 Å². The predicted octanol–water partition coefficient (Wildman–Crippen LogP) is 6.11. The summed E-state index contributed by atoms with van der Waals surface area (Å²) in [6.07, 6.45) is 29.5. The quantitative estimate of drug-likeness (QED) is 0.187. The molecule has 0 amide bonds. The summed E-state index contributed by atoms with van der Waals surface area (Å²) in [6, 6.07) is 0. The predicted molar refractivity (Wildman–Crippen MR) is 109 cm³/mol. The molecule has 0 unspecified atom stereocenters. The lowest BCUT2D eigenvalue weighted by Gasteiger charge is -1.98. The minimum absolute atomic E-state index is 0.285. The molecular formula is C21H36O3S. The Morgan fingerprint density at radius 3 is 1.56 bits per heavy atom. The lowest BCUT2D eigenvalue weighted by Crippen LogP contribution is -2.03. The second-order valence-electron chi connectivity index (χ2n) is 6.11. The van der Waals surface area contributed by atoms with Crippen molar-refractivity contribution in [2.45, 2.75) is 71.1 Å². The maximum atomic E-state index is 10.8. The molecule has 25 heavy (non-hydrogen) atoms. The number of allylic oxidation sites excluding steroid dienone is 8. The van der Waals surface area contributed by atoms with Crippen LogP contribution in [-0.2, 0) is 14.3 Å². The summed E-state index contributed by atoms with van der Waals surface area (Å²) in [4.78, 5) is 0. The summed E-state index contributed by atoms with van der Waals surface area (Å²) >= 11 is 0. The average molecular weight is 369 g/mol. The van der Waals surface area contributed by atoms with Crippen molar-refractivity contribution >= 4 is 10.1 Å². The smallest absolute Gasteiger partial charge is 0.264 e. The highest BCUT2D eigenvalue weighted by Crippen LogP contribution is 2.02. The lowest BCUT2D eigenvalue weighted by molar-refractivity contribution is 0.312. The zero-order chi connectivity index (χ0) is 18.6. The number of rotatable bonds is 16. The summed E-state index contributed by atoms with van der Waals surface area (Å²) < 4.78 is 26.2. The molecule has 0 radical (unpaired) electrons. The van der Waals surface area contributed by atoms with Crippen LogP contribution < -0.4 is 0 Å². The van der Waals surface area contributed by atoms with Crippen LogP contribution in [0.3, 0.4) is 0 Å². The fraction of sp³-hybridized carbons (Fsp3) is 0.619. The standard InChI is InChI=1S/C21H36O3S/c1-3-4-5-6-7-8-9-10-11-12-13-14-15-16-17-18-19-20-21-24-25(2,22)23/h7-8,10-11,13-14,16-17H,3-6,9,12,15,18-21H2,1-2H3. The Bertz CT molecular complexity index is 499. The van der Waals surface area contributed by atoms with Crippen molar-refractivity contribution in [1.29, 1.82) is 0 Å². The van der Waals surface area contributed by atoms with Gasteiger partial charge in [-0.3, -0.25) is 4.18 Å². The first-order valence-corrected chi connectivity index (χ1v) is 11.3. The van der Waals surface area contributed by atoms with Gasteiger partial charge in [-0.05, 0) is 51.4 Å². The number of unbranched alkanes of at least 4 members (excludes halogenated alkanes) is 5. The summed E-state index contributed by atoms with van der Waals surface area (Å²) in [5.74, 6) is 0. The van der Waals surface area contributed by atoms with E-state index in [9.17, 15) is 8.42 Å². The Labute approximate surface area is 155 Å². The van der Waals surface area contributed by atoms with Gasteiger partial charge in [0.05, 0.1) is 12.9 Å². The van der Waals surface area contributed by atoms with Crippen molar-refractivity contribution in [1.82, 2.24) is 0 Å². The van der Waals surface area contributed by atoms with Crippen LogP contribution in [-0.4, -0.2) is 21.3 Å². The molecule has 0 aliphatic carbocycles. The molecule has 4 heteroatoms. The van der Waals surface area contributed by atoms with E-state index in [2.05, 4.69) is 59.7 Å². The summed E-state index contributed by atoms with van der Waals surface area (Å²) in [7, 11) is -3.28. The molecular weight excluding hydrogens is 332 g/mol. The maximum absolute atomic E-state index is 10.8. The van der Waals surface area contributed by atoms with Crippen molar-refractivity contribution in [2.24, 2.45) is 0 Å². The van der Waals surface area contributed by atoms with Gasteiger partial charge >= 0.3 is 0 Å². The largest absolute Gasteiger partial charge is 0.270 e. The molecule has 0 fully saturated rings. The fourth-order valence-corrected chi connectivity index (χ4v) is 2.56. The SMILES string of the molecule is CCCCCC=CCC=CCC=CCC=CCCCCOS(C)(=O)=O. The van der Waals surface area contributed by atoms with Crippen LogP contribution in [0.2, 0.25) is 0 Å². The second-order valence-corrected chi connectivity index (χ2v) is 7.75. The third-order valence-electron chi connectivity index (χ3n) is 3.52. The van der Waals surface area contributed by atoms with Crippen LogP contribution in [0.15, 0.2) is 48.6 Å². The number of hydrogen-bond donors (Lipinski definition) is 0. The Kier molecular flexibility index (Phi) is 16.9. The molecule has 0 saturated heterocycles. The van der Waals surface area contributed by atoms with E-state index in [1.807, 2.05) is 0 Å². The third-order valence-corrected chi connectivity index (χ3v) is 4.11. The van der Waals surface area contributed by atoms with Crippen LogP contribution in [0.5, 0.6) is 0 Å². The van der Waals surface area contributed by atoms with Crippen molar-refractivity contribution in [2.75, 3.05) is 12.9 Å². The number of hydrogen-bond acceptors (Lipinski definition) is 3. The molecule has 144 valence electrons. The Hall–Kier alpha value is -1.13. The molecule has 0 aliphatic rings. The Morgan fingerprint density at radius 1 is 0.680 bits per heavy atom. The van der Waals surface area contributed by atoms with Crippen molar-refractivity contribution < 1.29 is 12.6 Å². The molecule has 0 saturated carbocycles. The van der Waals surface area contributed by atoms with Gasteiger partial charge in [0.1, 0.15) is 0 Å². The minimum atomic E-state index is -3.28. The topological polar surface area (TPSA) is 43.4 Å². The molecule has 0 aromatic heterocycles. The van der Waals surface area contributed by atoms with Gasteiger partial charge in [0.2, 0.25) is 0 Å². The molecule has 0 bridgehead atoms. The summed E-state index contributed by atoms with van der Waals surface area (Å²) in [5.41, 5.74) is 0. The van der Waals surface area contributed by atoms with Crippen LogP contribution in [0, 0.1) is 0 Å². The molecule has 3 nitrogen and oxygen atoms in total. The molecule has 0 aromatic carbocycles. The summed E-state index contributed by atoms with van der Waals surface area (Å²) in [5, 5.41) is 0. The van der Waals surface area contributed by atoms with Gasteiger partial charge in [0.15, 0.2) is 0 Å². The molecule has 0 N–H and O–H groups in total. The van der Waals surface area contributed by atoms with E-state index in [0.29, 0.717) is 0 Å². The molecule has 0 atom stereocenters. The van der Waals surface area contributed by atoms with Gasteiger partial charge in [-0.2, -0.15) is 8.42 Å². The maximum Gasteiger partial charge on any atom is 0.264 e. The van der Waals surface area contributed by atoms with Crippen LogP contribution in [0.1, 0.15) is 71.1 Å². The van der Waals surface area contributed by atoms with Gasteiger partial charge in [-0.15, -0.1) is 0 Å². The zero-order valence-corrected chi connectivity index (χ0v) is 16.8. The second kappa shape index (κ2) is 17.7. The normalized spacial score (nSPS) is 13.2. The highest BCUT2D eigenvalue weighted by molar-refractivity contribution is 7.85. The third kappa shape index (κ3) is 22.9. The van der Waals surface area contributed by atoms with Crippen LogP contribution in [0.25, 0.3) is 0 Å². The molecule has 0 aliphatic heterocycles. The Balaban J connectivity index is 3.43. The van der Waals surface area contributed by atoms with E-state index >= 15 is 0 Å². The average Bonchev–Trinajstić information content (AvgIpc) is 2.56. The molecule has 0 heterocycles. The highest BCUT2D eigenvalue weighted by atomic mass is 32.2. The minimum Gasteiger partial charge on any atom is -0.270 e. The fourth-order valence-electron chi connectivity index (χ4n) is 2.14. The van der Waals surface area contributed by atoms with E-state index in [4.69, 9.17) is 0 Å². The first-order chi connectivity index (χ1) is 12.1. The van der Waals surface area contributed by atoms with E-state index in [1.54, 1.807) is 0 Å². The van der Waals surface area contributed by atoms with Gasteiger partial charge in [-0.1, -0.05) is 68.4 Å².